The number of hydrogen-bond acceptors (Lipinski definition) is 6. The van der Waals surface area contributed by atoms with E-state index in [-0.39, 0.29) is 5.75 Å². The van der Waals surface area contributed by atoms with Crippen LogP contribution in [0.5, 0.6) is 0 Å². The molecule has 0 bridgehead atoms. The lowest BCUT2D eigenvalue weighted by molar-refractivity contribution is -0.133. The van der Waals surface area contributed by atoms with Gasteiger partial charge in [0.15, 0.2) is 11.0 Å². The van der Waals surface area contributed by atoms with Crippen LogP contribution in [0.25, 0.3) is 0 Å². The van der Waals surface area contributed by atoms with Gasteiger partial charge in [0.25, 0.3) is 0 Å². The Hall–Kier alpha value is -1.90. The number of rotatable bonds is 7. The molecular weight excluding hydrogens is 280 g/mol. The first-order valence-electron chi connectivity index (χ1n) is 6.21. The van der Waals surface area contributed by atoms with Crippen molar-refractivity contribution in [3.8, 4) is 0 Å². The van der Waals surface area contributed by atoms with Crippen LogP contribution in [0.4, 0.5) is 0 Å². The maximum atomic E-state index is 10.6. The van der Waals surface area contributed by atoms with Crippen molar-refractivity contribution in [3.63, 3.8) is 0 Å². The molecule has 2 heterocycles. The number of aryl methyl sites for hydroxylation is 3. The van der Waals surface area contributed by atoms with Crippen LogP contribution < -0.4 is 0 Å². The smallest absolute Gasteiger partial charge is 0.313 e. The highest BCUT2D eigenvalue weighted by Gasteiger charge is 2.13. The van der Waals surface area contributed by atoms with Gasteiger partial charge in [-0.1, -0.05) is 18.7 Å². The molecular formula is C11H16N6O2S. The lowest BCUT2D eigenvalue weighted by Gasteiger charge is -2.07. The minimum atomic E-state index is -0.867. The van der Waals surface area contributed by atoms with Crippen LogP contribution in [0.3, 0.4) is 0 Å². The van der Waals surface area contributed by atoms with Gasteiger partial charge >= 0.3 is 5.97 Å². The Balaban J connectivity index is 2.07. The fourth-order valence-electron chi connectivity index (χ4n) is 1.75. The highest BCUT2D eigenvalue weighted by Crippen LogP contribution is 2.17. The van der Waals surface area contributed by atoms with Gasteiger partial charge in [-0.15, -0.1) is 10.2 Å². The molecule has 0 saturated heterocycles. The summed E-state index contributed by atoms with van der Waals surface area (Å²) < 4.78 is 3.59. The van der Waals surface area contributed by atoms with Crippen molar-refractivity contribution < 1.29 is 9.90 Å². The second-order valence-corrected chi connectivity index (χ2v) is 5.11. The number of hydrogen-bond donors (Lipinski definition) is 1. The molecule has 0 aliphatic heterocycles. The minimum Gasteiger partial charge on any atom is -0.481 e. The molecule has 0 amide bonds. The summed E-state index contributed by atoms with van der Waals surface area (Å²) in [6, 6.07) is 0. The quantitative estimate of drug-likeness (QED) is 0.738. The van der Waals surface area contributed by atoms with Crippen molar-refractivity contribution in [3.05, 3.63) is 18.0 Å². The predicted molar refractivity (Wildman–Crippen MR) is 72.5 cm³/mol. The van der Waals surface area contributed by atoms with Gasteiger partial charge in [0.05, 0.1) is 5.75 Å². The molecule has 9 heteroatoms. The lowest BCUT2D eigenvalue weighted by Crippen LogP contribution is -2.09. The molecule has 1 N–H and O–H groups in total. The summed E-state index contributed by atoms with van der Waals surface area (Å²) in [7, 11) is 1.82. The summed E-state index contributed by atoms with van der Waals surface area (Å²) in [4.78, 5) is 14.8. The third-order valence-electron chi connectivity index (χ3n) is 2.64. The Kier molecular flexibility index (Phi) is 4.72. The molecule has 20 heavy (non-hydrogen) atoms. The first kappa shape index (κ1) is 14.5. The first-order chi connectivity index (χ1) is 9.60. The number of carbonyl (C=O) groups is 1. The van der Waals surface area contributed by atoms with E-state index in [1.807, 2.05) is 18.5 Å². The molecule has 0 aromatic carbocycles. The maximum absolute atomic E-state index is 10.6. The van der Waals surface area contributed by atoms with E-state index in [1.54, 1.807) is 11.0 Å². The van der Waals surface area contributed by atoms with E-state index < -0.39 is 5.97 Å². The number of carboxylic acids is 1. The zero-order chi connectivity index (χ0) is 14.5. The fraction of sp³-hybridized carbons (Fsp3) is 0.545. The number of nitrogens with zero attached hydrogens (tertiary/aromatic N) is 6. The van der Waals surface area contributed by atoms with Gasteiger partial charge in [-0.25, -0.2) is 4.98 Å². The number of aliphatic carboxylic acids is 1. The van der Waals surface area contributed by atoms with E-state index in [1.165, 1.54) is 11.8 Å². The van der Waals surface area contributed by atoms with Gasteiger partial charge in [0.1, 0.15) is 12.2 Å². The molecule has 8 nitrogen and oxygen atoms in total. The Labute approximate surface area is 120 Å². The van der Waals surface area contributed by atoms with Crippen molar-refractivity contribution in [1.82, 2.24) is 29.5 Å². The maximum Gasteiger partial charge on any atom is 0.313 e. The molecule has 2 aromatic heterocycles. The monoisotopic (exact) mass is 296 g/mol. The predicted octanol–water partition coefficient (Wildman–Crippen LogP) is 0.388. The number of thioether (sulfide) groups is 1. The Morgan fingerprint density at radius 2 is 2.25 bits per heavy atom. The first-order valence-corrected chi connectivity index (χ1v) is 7.20. The summed E-state index contributed by atoms with van der Waals surface area (Å²) in [5.41, 5.74) is 0. The highest BCUT2D eigenvalue weighted by atomic mass is 32.2. The van der Waals surface area contributed by atoms with E-state index in [2.05, 4.69) is 20.3 Å². The van der Waals surface area contributed by atoms with Gasteiger partial charge in [-0.05, 0) is 0 Å². The molecule has 108 valence electrons. The minimum absolute atomic E-state index is 0.0241. The summed E-state index contributed by atoms with van der Waals surface area (Å²) >= 11 is 1.18. The Morgan fingerprint density at radius 1 is 1.45 bits per heavy atom. The van der Waals surface area contributed by atoms with E-state index in [0.717, 1.165) is 18.1 Å². The van der Waals surface area contributed by atoms with Crippen LogP contribution >= 0.6 is 11.8 Å². The van der Waals surface area contributed by atoms with Crippen molar-refractivity contribution in [2.75, 3.05) is 5.75 Å². The summed E-state index contributed by atoms with van der Waals surface area (Å²) in [6.45, 7) is 2.63. The van der Waals surface area contributed by atoms with Gasteiger partial charge in [0, 0.05) is 26.4 Å². The highest BCUT2D eigenvalue weighted by molar-refractivity contribution is 7.99. The average molecular weight is 296 g/mol. The van der Waals surface area contributed by atoms with Gasteiger partial charge in [-0.2, -0.15) is 5.10 Å². The topological polar surface area (TPSA) is 98.7 Å². The molecule has 2 aromatic rings. The largest absolute Gasteiger partial charge is 0.481 e. The van der Waals surface area contributed by atoms with Gasteiger partial charge < -0.3 is 9.67 Å². The average Bonchev–Trinajstić information content (AvgIpc) is 2.99. The van der Waals surface area contributed by atoms with Crippen molar-refractivity contribution >= 4 is 17.7 Å². The SMILES string of the molecule is CCc1nnc(SCC(=O)O)n1CCc1ncn(C)n1. The second-order valence-electron chi connectivity index (χ2n) is 4.17. The zero-order valence-electron chi connectivity index (χ0n) is 11.4. The third kappa shape index (κ3) is 3.56. The molecule has 0 spiro atoms. The Bertz CT molecular complexity index is 594. The van der Waals surface area contributed by atoms with Crippen LogP contribution in [0.15, 0.2) is 11.5 Å². The normalized spacial score (nSPS) is 10.9. The van der Waals surface area contributed by atoms with Crippen LogP contribution in [0.2, 0.25) is 0 Å². The molecule has 2 rings (SSSR count). The van der Waals surface area contributed by atoms with Crippen molar-refractivity contribution in [2.24, 2.45) is 7.05 Å². The molecule has 0 radical (unpaired) electrons. The van der Waals surface area contributed by atoms with Crippen molar-refractivity contribution in [2.45, 2.75) is 31.5 Å². The Morgan fingerprint density at radius 3 is 2.85 bits per heavy atom. The summed E-state index contributed by atoms with van der Waals surface area (Å²) in [5.74, 6) is 0.698. The number of aromatic nitrogens is 6. The molecule has 0 aliphatic carbocycles. The van der Waals surface area contributed by atoms with Gasteiger partial charge in [0.2, 0.25) is 0 Å². The fourth-order valence-corrected chi connectivity index (χ4v) is 2.45. The standard InChI is InChI=1S/C11H16N6O2S/c1-3-9-13-14-11(20-6-10(18)19)17(9)5-4-8-12-7-16(2)15-8/h7H,3-6H2,1-2H3,(H,18,19). The zero-order valence-corrected chi connectivity index (χ0v) is 12.2. The second kappa shape index (κ2) is 6.51. The molecule has 0 atom stereocenters. The van der Waals surface area contributed by atoms with Crippen LogP contribution in [0.1, 0.15) is 18.6 Å². The van der Waals surface area contributed by atoms with Gasteiger partial charge in [-0.3, -0.25) is 9.48 Å². The summed E-state index contributed by atoms with van der Waals surface area (Å²) in [5, 5.41) is 21.7. The van der Waals surface area contributed by atoms with E-state index in [9.17, 15) is 4.79 Å². The molecule has 0 aliphatic rings. The van der Waals surface area contributed by atoms with E-state index >= 15 is 0 Å². The molecule has 0 fully saturated rings. The van der Waals surface area contributed by atoms with Crippen LogP contribution in [-0.4, -0.2) is 46.4 Å². The molecule has 0 saturated carbocycles. The van der Waals surface area contributed by atoms with E-state index in [4.69, 9.17) is 5.11 Å². The number of carboxylic acid groups (broad SMARTS) is 1. The molecule has 0 unspecified atom stereocenters. The van der Waals surface area contributed by atoms with Crippen LogP contribution in [0, 0.1) is 0 Å². The van der Waals surface area contributed by atoms with Crippen molar-refractivity contribution in [1.29, 1.82) is 0 Å². The van der Waals surface area contributed by atoms with E-state index in [0.29, 0.717) is 18.1 Å². The van der Waals surface area contributed by atoms with Crippen LogP contribution in [-0.2, 0) is 31.2 Å². The summed E-state index contributed by atoms with van der Waals surface area (Å²) in [6.07, 6.45) is 3.06. The lowest BCUT2D eigenvalue weighted by atomic mass is 10.4. The third-order valence-corrected chi connectivity index (χ3v) is 3.59.